The van der Waals surface area contributed by atoms with Gasteiger partial charge in [-0.2, -0.15) is 0 Å². The van der Waals surface area contributed by atoms with Gasteiger partial charge >= 0.3 is 5.97 Å². The molecule has 0 bridgehead atoms. The van der Waals surface area contributed by atoms with Crippen LogP contribution in [0.25, 0.3) is 0 Å². The summed E-state index contributed by atoms with van der Waals surface area (Å²) in [6.07, 6.45) is 5.64. The number of rotatable bonds is 8. The molecule has 0 fully saturated rings. The summed E-state index contributed by atoms with van der Waals surface area (Å²) in [5.74, 6) is 1.71. The first kappa shape index (κ1) is 17.2. The fraction of sp³-hybridized carbons (Fsp3) is 0.812. The summed E-state index contributed by atoms with van der Waals surface area (Å²) in [4.78, 5) is 10.7. The highest BCUT2D eigenvalue weighted by molar-refractivity contribution is 5.65. The second-order valence-corrected chi connectivity index (χ2v) is 6.10. The maximum absolute atomic E-state index is 10.7. The van der Waals surface area contributed by atoms with Crippen molar-refractivity contribution in [1.82, 2.24) is 0 Å². The minimum atomic E-state index is -0.178. The van der Waals surface area contributed by atoms with Crippen LogP contribution in [0.1, 0.15) is 60.8 Å². The predicted octanol–water partition coefficient (Wildman–Crippen LogP) is 4.59. The normalized spacial score (nSPS) is 14.1. The lowest BCUT2D eigenvalue weighted by Gasteiger charge is -2.17. The minimum absolute atomic E-state index is 0.178. The number of allylic oxidation sites excluding steroid dienone is 2. The van der Waals surface area contributed by atoms with Gasteiger partial charge in [-0.15, -0.1) is 0 Å². The van der Waals surface area contributed by atoms with Gasteiger partial charge in [0, 0.05) is 6.92 Å². The summed E-state index contributed by atoms with van der Waals surface area (Å²) in [5.41, 5.74) is 1.55. The quantitative estimate of drug-likeness (QED) is 0.467. The smallest absolute Gasteiger partial charge is 0.302 e. The molecule has 0 radical (unpaired) electrons. The number of hydrogen-bond donors (Lipinski definition) is 0. The fourth-order valence-corrected chi connectivity index (χ4v) is 2.17. The molecule has 106 valence electrons. The molecule has 0 aliphatic rings. The third kappa shape index (κ3) is 10.4. The minimum Gasteiger partial charge on any atom is -0.466 e. The van der Waals surface area contributed by atoms with E-state index in [0.29, 0.717) is 24.4 Å². The van der Waals surface area contributed by atoms with Crippen LogP contribution in [-0.2, 0) is 9.53 Å². The van der Waals surface area contributed by atoms with Crippen LogP contribution in [0.3, 0.4) is 0 Å². The Hall–Kier alpha value is -0.790. The lowest BCUT2D eigenvalue weighted by Crippen LogP contribution is -2.07. The van der Waals surface area contributed by atoms with Gasteiger partial charge in [0.2, 0.25) is 0 Å². The van der Waals surface area contributed by atoms with E-state index in [4.69, 9.17) is 4.74 Å². The Kier molecular flexibility index (Phi) is 8.78. The molecule has 2 nitrogen and oxygen atoms in total. The van der Waals surface area contributed by atoms with Crippen LogP contribution >= 0.6 is 0 Å². The summed E-state index contributed by atoms with van der Waals surface area (Å²) in [6, 6.07) is 0. The van der Waals surface area contributed by atoms with E-state index in [1.54, 1.807) is 5.57 Å². The molecule has 0 heterocycles. The van der Waals surface area contributed by atoms with Gasteiger partial charge in [-0.1, -0.05) is 46.3 Å². The molecule has 0 aromatic rings. The second kappa shape index (κ2) is 9.18. The van der Waals surface area contributed by atoms with E-state index in [2.05, 4.69) is 40.7 Å². The van der Waals surface area contributed by atoms with Crippen LogP contribution < -0.4 is 0 Å². The summed E-state index contributed by atoms with van der Waals surface area (Å²) in [7, 11) is 0. The van der Waals surface area contributed by atoms with Crippen LogP contribution in [0.5, 0.6) is 0 Å². The van der Waals surface area contributed by atoms with Gasteiger partial charge in [0.25, 0.3) is 0 Å². The maximum Gasteiger partial charge on any atom is 0.302 e. The highest BCUT2D eigenvalue weighted by Crippen LogP contribution is 2.22. The molecular formula is C16H30O2. The number of carbonyl (C=O) groups excluding carboxylic acids is 1. The van der Waals surface area contributed by atoms with E-state index in [-0.39, 0.29) is 5.97 Å². The third-order valence-corrected chi connectivity index (χ3v) is 2.77. The van der Waals surface area contributed by atoms with E-state index in [0.717, 1.165) is 12.8 Å². The van der Waals surface area contributed by atoms with Crippen molar-refractivity contribution in [3.8, 4) is 0 Å². The Bertz CT molecular complexity index is 264. The van der Waals surface area contributed by atoms with Gasteiger partial charge in [-0.3, -0.25) is 4.79 Å². The molecule has 0 rings (SSSR count). The average molecular weight is 254 g/mol. The Labute approximate surface area is 113 Å². The third-order valence-electron chi connectivity index (χ3n) is 2.77. The SMILES string of the molecule is CC(=O)OCCC(C)CC(=CC(C)C)CC(C)C. The fourth-order valence-electron chi connectivity index (χ4n) is 2.17. The van der Waals surface area contributed by atoms with Gasteiger partial charge < -0.3 is 4.74 Å². The van der Waals surface area contributed by atoms with Crippen LogP contribution in [0.2, 0.25) is 0 Å². The zero-order valence-electron chi connectivity index (χ0n) is 13.0. The lowest BCUT2D eigenvalue weighted by molar-refractivity contribution is -0.141. The van der Waals surface area contributed by atoms with E-state index in [9.17, 15) is 4.79 Å². The van der Waals surface area contributed by atoms with E-state index in [1.807, 2.05) is 0 Å². The zero-order valence-corrected chi connectivity index (χ0v) is 13.0. The predicted molar refractivity (Wildman–Crippen MR) is 77.4 cm³/mol. The van der Waals surface area contributed by atoms with Crippen molar-refractivity contribution in [3.05, 3.63) is 11.6 Å². The standard InChI is InChI=1S/C16H30O2/c1-12(2)9-16(10-13(3)4)11-14(5)7-8-18-15(6)17/h9,12-14H,7-8,10-11H2,1-6H3. The first-order chi connectivity index (χ1) is 8.31. The molecule has 1 atom stereocenters. The van der Waals surface area contributed by atoms with Crippen LogP contribution in [0.15, 0.2) is 11.6 Å². The van der Waals surface area contributed by atoms with Crippen molar-refractivity contribution < 1.29 is 9.53 Å². The van der Waals surface area contributed by atoms with Gasteiger partial charge in [0.1, 0.15) is 0 Å². The van der Waals surface area contributed by atoms with Gasteiger partial charge in [-0.25, -0.2) is 0 Å². The first-order valence-corrected chi connectivity index (χ1v) is 7.14. The number of carbonyl (C=O) groups is 1. The summed E-state index contributed by atoms with van der Waals surface area (Å²) in [6.45, 7) is 13.2. The van der Waals surface area contributed by atoms with E-state index < -0.39 is 0 Å². The van der Waals surface area contributed by atoms with Crippen molar-refractivity contribution in [3.63, 3.8) is 0 Å². The Morgan fingerprint density at radius 3 is 2.17 bits per heavy atom. The highest BCUT2D eigenvalue weighted by atomic mass is 16.5. The molecule has 0 aromatic carbocycles. The molecule has 0 amide bonds. The number of esters is 1. The largest absolute Gasteiger partial charge is 0.466 e. The molecule has 0 aromatic heterocycles. The van der Waals surface area contributed by atoms with Gasteiger partial charge in [-0.05, 0) is 37.0 Å². The Balaban J connectivity index is 4.18. The van der Waals surface area contributed by atoms with Crippen molar-refractivity contribution in [2.45, 2.75) is 60.8 Å². The highest BCUT2D eigenvalue weighted by Gasteiger charge is 2.09. The molecule has 0 saturated carbocycles. The van der Waals surface area contributed by atoms with Gasteiger partial charge in [0.05, 0.1) is 6.61 Å². The summed E-state index contributed by atoms with van der Waals surface area (Å²) >= 11 is 0. The van der Waals surface area contributed by atoms with E-state index in [1.165, 1.54) is 13.3 Å². The van der Waals surface area contributed by atoms with Crippen molar-refractivity contribution >= 4 is 5.97 Å². The Morgan fingerprint density at radius 2 is 1.72 bits per heavy atom. The molecule has 1 unspecified atom stereocenters. The van der Waals surface area contributed by atoms with Gasteiger partial charge in [0.15, 0.2) is 0 Å². The van der Waals surface area contributed by atoms with Crippen LogP contribution in [0, 0.1) is 17.8 Å². The van der Waals surface area contributed by atoms with Crippen LogP contribution in [0.4, 0.5) is 0 Å². The van der Waals surface area contributed by atoms with Crippen molar-refractivity contribution in [2.24, 2.45) is 17.8 Å². The Morgan fingerprint density at radius 1 is 1.11 bits per heavy atom. The molecule has 0 aliphatic carbocycles. The molecule has 2 heteroatoms. The van der Waals surface area contributed by atoms with Crippen molar-refractivity contribution in [2.75, 3.05) is 6.61 Å². The monoisotopic (exact) mass is 254 g/mol. The average Bonchev–Trinajstić information content (AvgIpc) is 2.13. The number of hydrogen-bond acceptors (Lipinski definition) is 2. The first-order valence-electron chi connectivity index (χ1n) is 7.14. The van der Waals surface area contributed by atoms with Crippen molar-refractivity contribution in [1.29, 1.82) is 0 Å². The molecule has 18 heavy (non-hydrogen) atoms. The van der Waals surface area contributed by atoms with E-state index >= 15 is 0 Å². The molecular weight excluding hydrogens is 224 g/mol. The van der Waals surface area contributed by atoms with Crippen LogP contribution in [-0.4, -0.2) is 12.6 Å². The maximum atomic E-state index is 10.7. The lowest BCUT2D eigenvalue weighted by atomic mass is 9.91. The number of ether oxygens (including phenoxy) is 1. The summed E-state index contributed by atoms with van der Waals surface area (Å²) in [5, 5.41) is 0. The molecule has 0 N–H and O–H groups in total. The molecule has 0 aliphatic heterocycles. The molecule has 0 spiro atoms. The molecule has 0 saturated heterocycles. The topological polar surface area (TPSA) is 26.3 Å². The summed E-state index contributed by atoms with van der Waals surface area (Å²) < 4.78 is 5.00. The second-order valence-electron chi connectivity index (χ2n) is 6.10. The zero-order chi connectivity index (χ0) is 14.1.